The van der Waals surface area contributed by atoms with Crippen molar-refractivity contribution in [2.75, 3.05) is 20.2 Å². The van der Waals surface area contributed by atoms with Crippen molar-refractivity contribution < 1.29 is 9.53 Å². The van der Waals surface area contributed by atoms with Crippen LogP contribution in [0.3, 0.4) is 0 Å². The lowest BCUT2D eigenvalue weighted by molar-refractivity contribution is -0.136. The van der Waals surface area contributed by atoms with Crippen LogP contribution < -0.4 is 0 Å². The molecule has 14 heavy (non-hydrogen) atoms. The van der Waals surface area contributed by atoms with E-state index in [2.05, 4.69) is 23.1 Å². The third-order valence-electron chi connectivity index (χ3n) is 2.86. The highest BCUT2D eigenvalue weighted by Gasteiger charge is 2.25. The molecule has 0 aromatic heterocycles. The monoisotopic (exact) mass is 197 g/mol. The fraction of sp³-hybridized carbons (Fsp3) is 0.727. The predicted molar refractivity (Wildman–Crippen MR) is 56.0 cm³/mol. The fourth-order valence-electron chi connectivity index (χ4n) is 2.05. The van der Waals surface area contributed by atoms with Gasteiger partial charge in [0.15, 0.2) is 0 Å². The lowest BCUT2D eigenvalue weighted by Gasteiger charge is -2.22. The van der Waals surface area contributed by atoms with Crippen LogP contribution >= 0.6 is 0 Å². The van der Waals surface area contributed by atoms with Crippen LogP contribution in [0.5, 0.6) is 0 Å². The molecule has 0 radical (unpaired) electrons. The van der Waals surface area contributed by atoms with Gasteiger partial charge in [0.25, 0.3) is 0 Å². The number of hydrogen-bond donors (Lipinski definition) is 0. The Morgan fingerprint density at radius 2 is 2.36 bits per heavy atom. The highest BCUT2D eigenvalue weighted by atomic mass is 16.5. The molecule has 3 heteroatoms. The summed E-state index contributed by atoms with van der Waals surface area (Å²) in [4.78, 5) is 13.6. The molecule has 0 N–H and O–H groups in total. The van der Waals surface area contributed by atoms with E-state index in [1.807, 2.05) is 0 Å². The molecule has 80 valence electrons. The number of ether oxygens (including phenoxy) is 1. The number of likely N-dealkylation sites (tertiary alicyclic amines) is 1. The minimum absolute atomic E-state index is 0.270. The summed E-state index contributed by atoms with van der Waals surface area (Å²) in [5.41, 5.74) is 0.595. The summed E-state index contributed by atoms with van der Waals surface area (Å²) in [5.74, 6) is -0.270. The molecule has 1 heterocycles. The Hall–Kier alpha value is -0.830. The van der Waals surface area contributed by atoms with Crippen LogP contribution in [0.25, 0.3) is 0 Å². The van der Waals surface area contributed by atoms with Gasteiger partial charge in [-0.3, -0.25) is 0 Å². The van der Waals surface area contributed by atoms with E-state index in [4.69, 9.17) is 0 Å². The first-order valence-electron chi connectivity index (χ1n) is 5.19. The quantitative estimate of drug-likeness (QED) is 0.506. The number of methoxy groups -OCH3 is 1. The Morgan fingerprint density at radius 1 is 1.64 bits per heavy atom. The zero-order valence-electron chi connectivity index (χ0n) is 9.08. The van der Waals surface area contributed by atoms with Crippen molar-refractivity contribution in [3.8, 4) is 0 Å². The molecule has 0 aromatic rings. The molecule has 3 nitrogen and oxygen atoms in total. The molecule has 1 unspecified atom stereocenters. The number of esters is 1. The highest BCUT2D eigenvalue weighted by molar-refractivity contribution is 5.87. The minimum atomic E-state index is -0.270. The molecular weight excluding hydrogens is 178 g/mol. The average molecular weight is 197 g/mol. The number of carbonyl (C=O) groups is 1. The van der Waals surface area contributed by atoms with Gasteiger partial charge in [-0.05, 0) is 32.4 Å². The summed E-state index contributed by atoms with van der Waals surface area (Å²) in [6.45, 7) is 8.11. The molecule has 1 rings (SSSR count). The van der Waals surface area contributed by atoms with E-state index in [1.165, 1.54) is 20.0 Å². The summed E-state index contributed by atoms with van der Waals surface area (Å²) >= 11 is 0. The van der Waals surface area contributed by atoms with E-state index in [9.17, 15) is 4.79 Å². The number of nitrogens with zero attached hydrogens (tertiary/aromatic N) is 1. The molecule has 1 atom stereocenters. The van der Waals surface area contributed by atoms with Gasteiger partial charge in [-0.2, -0.15) is 0 Å². The molecule has 0 bridgehead atoms. The van der Waals surface area contributed by atoms with Gasteiger partial charge in [0.1, 0.15) is 0 Å². The van der Waals surface area contributed by atoms with E-state index in [1.54, 1.807) is 0 Å². The number of carbonyl (C=O) groups excluding carboxylic acids is 1. The zero-order valence-corrected chi connectivity index (χ0v) is 9.08. The van der Waals surface area contributed by atoms with E-state index in [-0.39, 0.29) is 5.97 Å². The van der Waals surface area contributed by atoms with Crippen molar-refractivity contribution in [2.45, 2.75) is 32.2 Å². The summed E-state index contributed by atoms with van der Waals surface area (Å²) < 4.78 is 4.63. The smallest absolute Gasteiger partial charge is 0.333 e. The van der Waals surface area contributed by atoms with Gasteiger partial charge in [0.2, 0.25) is 0 Å². The second-order valence-corrected chi connectivity index (χ2v) is 3.72. The number of hydrogen-bond acceptors (Lipinski definition) is 3. The first-order chi connectivity index (χ1) is 6.69. The molecule has 0 spiro atoms. The SMILES string of the molecule is C=C(CC1CCCN1CC)C(=O)OC. The Kier molecular flexibility index (Phi) is 4.14. The Bertz CT molecular complexity index is 225. The molecule has 1 fully saturated rings. The van der Waals surface area contributed by atoms with Crippen LogP contribution in [-0.4, -0.2) is 37.1 Å². The summed E-state index contributed by atoms with van der Waals surface area (Å²) in [6, 6.07) is 0.492. The van der Waals surface area contributed by atoms with Crippen molar-refractivity contribution in [2.24, 2.45) is 0 Å². The first kappa shape index (κ1) is 11.2. The second kappa shape index (κ2) is 5.15. The van der Waals surface area contributed by atoms with Gasteiger partial charge in [0, 0.05) is 11.6 Å². The van der Waals surface area contributed by atoms with E-state index in [0.717, 1.165) is 19.5 Å². The maximum atomic E-state index is 11.2. The molecule has 0 aliphatic carbocycles. The predicted octanol–water partition coefficient (Wildman–Crippen LogP) is 1.59. The molecule has 0 aromatic carbocycles. The zero-order chi connectivity index (χ0) is 10.6. The lowest BCUT2D eigenvalue weighted by Crippen LogP contribution is -2.30. The third-order valence-corrected chi connectivity index (χ3v) is 2.86. The van der Waals surface area contributed by atoms with Gasteiger partial charge < -0.3 is 9.64 Å². The second-order valence-electron chi connectivity index (χ2n) is 3.72. The van der Waals surface area contributed by atoms with Crippen LogP contribution in [0.1, 0.15) is 26.2 Å². The highest BCUT2D eigenvalue weighted by Crippen LogP contribution is 2.22. The van der Waals surface area contributed by atoms with Crippen LogP contribution in [0.2, 0.25) is 0 Å². The van der Waals surface area contributed by atoms with E-state index >= 15 is 0 Å². The van der Waals surface area contributed by atoms with Crippen LogP contribution in [-0.2, 0) is 9.53 Å². The first-order valence-corrected chi connectivity index (χ1v) is 5.19. The molecule has 0 saturated carbocycles. The van der Waals surface area contributed by atoms with Crippen LogP contribution in [0, 0.1) is 0 Å². The van der Waals surface area contributed by atoms with Gasteiger partial charge in [-0.1, -0.05) is 13.5 Å². The summed E-state index contributed by atoms with van der Waals surface area (Å²) in [5, 5.41) is 0. The van der Waals surface area contributed by atoms with Crippen molar-refractivity contribution in [3.63, 3.8) is 0 Å². The van der Waals surface area contributed by atoms with E-state index < -0.39 is 0 Å². The minimum Gasteiger partial charge on any atom is -0.466 e. The van der Waals surface area contributed by atoms with Gasteiger partial charge in [0.05, 0.1) is 7.11 Å². The Labute approximate surface area is 85.7 Å². The normalized spacial score (nSPS) is 22.3. The van der Waals surface area contributed by atoms with Gasteiger partial charge in [-0.15, -0.1) is 0 Å². The average Bonchev–Trinajstić information content (AvgIpc) is 2.63. The molecule has 1 saturated heterocycles. The summed E-state index contributed by atoms with van der Waals surface area (Å²) in [6.07, 6.45) is 3.15. The summed E-state index contributed by atoms with van der Waals surface area (Å²) in [7, 11) is 1.40. The largest absolute Gasteiger partial charge is 0.466 e. The maximum Gasteiger partial charge on any atom is 0.333 e. The van der Waals surface area contributed by atoms with Gasteiger partial charge in [-0.25, -0.2) is 4.79 Å². The fourth-order valence-corrected chi connectivity index (χ4v) is 2.05. The molecular formula is C11H19NO2. The Balaban J connectivity index is 2.43. The number of rotatable bonds is 4. The molecule has 1 aliphatic heterocycles. The maximum absolute atomic E-state index is 11.2. The van der Waals surface area contributed by atoms with Crippen molar-refractivity contribution in [3.05, 3.63) is 12.2 Å². The third kappa shape index (κ3) is 2.58. The van der Waals surface area contributed by atoms with Crippen molar-refractivity contribution in [1.29, 1.82) is 0 Å². The van der Waals surface area contributed by atoms with Crippen LogP contribution in [0.15, 0.2) is 12.2 Å². The van der Waals surface area contributed by atoms with E-state index in [0.29, 0.717) is 11.6 Å². The van der Waals surface area contributed by atoms with Crippen molar-refractivity contribution >= 4 is 5.97 Å². The molecule has 0 amide bonds. The van der Waals surface area contributed by atoms with Crippen LogP contribution in [0.4, 0.5) is 0 Å². The van der Waals surface area contributed by atoms with Gasteiger partial charge >= 0.3 is 5.97 Å². The van der Waals surface area contributed by atoms with Crippen molar-refractivity contribution in [1.82, 2.24) is 4.90 Å². The standard InChI is InChI=1S/C11H19NO2/c1-4-12-7-5-6-10(12)8-9(2)11(13)14-3/h10H,2,4-8H2,1,3H3. The molecule has 1 aliphatic rings. The topological polar surface area (TPSA) is 29.5 Å². The lowest BCUT2D eigenvalue weighted by atomic mass is 10.1. The Morgan fingerprint density at radius 3 is 2.93 bits per heavy atom.